The summed E-state index contributed by atoms with van der Waals surface area (Å²) < 4.78 is 17.2. The fourth-order valence-corrected chi connectivity index (χ4v) is 6.01. The molecule has 0 heterocycles. The van der Waals surface area contributed by atoms with Crippen molar-refractivity contribution in [2.45, 2.75) is 187 Å². The van der Waals surface area contributed by atoms with E-state index in [1.807, 2.05) is 21.1 Å². The number of esters is 2. The first-order chi connectivity index (χ1) is 25.1. The highest BCUT2D eigenvalue weighted by atomic mass is 16.6. The SMILES string of the molecule is CC/C=C/C/C=C/CCCCCCCC(=O)OCC(COCCC(C(=O)O)[N+](C)(C)C)OC(=O)CCCCCCC/C=C/CCCCCCCCC. The van der Waals surface area contributed by atoms with Crippen LogP contribution in [0.25, 0.3) is 0 Å². The van der Waals surface area contributed by atoms with Crippen LogP contribution >= 0.6 is 0 Å². The number of unbranched alkanes of at least 4 members (excludes halogenated alkanes) is 17. The molecule has 0 fully saturated rings. The fourth-order valence-electron chi connectivity index (χ4n) is 6.01. The second-order valence-corrected chi connectivity index (χ2v) is 15.2. The van der Waals surface area contributed by atoms with Gasteiger partial charge >= 0.3 is 17.9 Å². The number of hydrogen-bond acceptors (Lipinski definition) is 6. The van der Waals surface area contributed by atoms with Crippen molar-refractivity contribution >= 4 is 17.9 Å². The van der Waals surface area contributed by atoms with Crippen molar-refractivity contribution in [3.05, 3.63) is 36.5 Å². The summed E-state index contributed by atoms with van der Waals surface area (Å²) in [5.41, 5.74) is 0. The predicted molar refractivity (Wildman–Crippen MR) is 215 cm³/mol. The van der Waals surface area contributed by atoms with Gasteiger partial charge in [-0.1, -0.05) is 127 Å². The van der Waals surface area contributed by atoms with Crippen LogP contribution in [0.5, 0.6) is 0 Å². The number of nitrogens with zero attached hydrogens (tertiary/aromatic N) is 1. The van der Waals surface area contributed by atoms with Crippen LogP contribution in [-0.2, 0) is 28.6 Å². The average Bonchev–Trinajstić information content (AvgIpc) is 3.09. The van der Waals surface area contributed by atoms with Gasteiger partial charge in [0, 0.05) is 19.3 Å². The summed E-state index contributed by atoms with van der Waals surface area (Å²) in [4.78, 5) is 36.9. The standard InChI is InChI=1S/C44H79NO7/c1-6-8-10-12-14-16-18-20-21-22-23-25-27-29-31-33-35-43(47)52-40(38-50-37-36-41(44(48)49)45(3,4)5)39-51-42(46)34-32-30-28-26-24-19-17-15-13-11-9-7-2/h9,11,15,17,21-22,40-41H,6-8,10,12-14,16,18-20,23-39H2,1-5H3/p+1/b11-9+,17-15+,22-21+. The Morgan fingerprint density at radius 3 is 1.60 bits per heavy atom. The van der Waals surface area contributed by atoms with E-state index in [4.69, 9.17) is 14.2 Å². The van der Waals surface area contributed by atoms with Crippen LogP contribution in [-0.4, -0.2) is 80.6 Å². The predicted octanol–water partition coefficient (Wildman–Crippen LogP) is 11.1. The van der Waals surface area contributed by atoms with E-state index in [0.717, 1.165) is 83.5 Å². The van der Waals surface area contributed by atoms with E-state index in [-0.39, 0.29) is 36.2 Å². The lowest BCUT2D eigenvalue weighted by molar-refractivity contribution is -0.887. The molecular weight excluding hydrogens is 654 g/mol. The molecule has 0 radical (unpaired) electrons. The van der Waals surface area contributed by atoms with Crippen LogP contribution in [0.1, 0.15) is 174 Å². The Hall–Kier alpha value is -2.45. The minimum atomic E-state index is -0.879. The highest BCUT2D eigenvalue weighted by molar-refractivity contribution is 5.72. The van der Waals surface area contributed by atoms with Crippen LogP contribution in [0.15, 0.2) is 36.5 Å². The van der Waals surface area contributed by atoms with Crippen molar-refractivity contribution in [1.29, 1.82) is 0 Å². The first-order valence-corrected chi connectivity index (χ1v) is 21.0. The molecule has 2 unspecified atom stereocenters. The van der Waals surface area contributed by atoms with E-state index < -0.39 is 18.1 Å². The number of carbonyl (C=O) groups is 3. The highest BCUT2D eigenvalue weighted by Gasteiger charge is 2.31. The zero-order valence-corrected chi connectivity index (χ0v) is 34.3. The average molecular weight is 735 g/mol. The minimum Gasteiger partial charge on any atom is -0.477 e. The number of allylic oxidation sites excluding steroid dienone is 6. The van der Waals surface area contributed by atoms with Gasteiger partial charge in [-0.25, -0.2) is 4.79 Å². The molecular formula is C44H80NO7+. The molecule has 8 nitrogen and oxygen atoms in total. The van der Waals surface area contributed by atoms with Crippen molar-refractivity contribution in [3.63, 3.8) is 0 Å². The number of likely N-dealkylation sites (N-methyl/N-ethyl adjacent to an activating group) is 1. The molecule has 1 N–H and O–H groups in total. The molecule has 0 aromatic heterocycles. The minimum absolute atomic E-state index is 0.0539. The van der Waals surface area contributed by atoms with Gasteiger partial charge in [0.15, 0.2) is 12.1 Å². The molecule has 0 rings (SSSR count). The van der Waals surface area contributed by atoms with Gasteiger partial charge in [0.05, 0.1) is 34.4 Å². The van der Waals surface area contributed by atoms with Crippen LogP contribution in [0.2, 0.25) is 0 Å². The highest BCUT2D eigenvalue weighted by Crippen LogP contribution is 2.13. The lowest BCUT2D eigenvalue weighted by Crippen LogP contribution is -2.50. The van der Waals surface area contributed by atoms with E-state index in [1.165, 1.54) is 57.8 Å². The van der Waals surface area contributed by atoms with Gasteiger partial charge in [0.1, 0.15) is 6.61 Å². The first kappa shape index (κ1) is 49.6. The zero-order chi connectivity index (χ0) is 38.5. The molecule has 0 saturated carbocycles. The Bertz CT molecular complexity index is 953. The van der Waals surface area contributed by atoms with Crippen LogP contribution in [0.3, 0.4) is 0 Å². The van der Waals surface area contributed by atoms with E-state index in [9.17, 15) is 19.5 Å². The Morgan fingerprint density at radius 2 is 1.08 bits per heavy atom. The molecule has 0 aliphatic rings. The maximum atomic E-state index is 12.7. The van der Waals surface area contributed by atoms with Crippen molar-refractivity contribution in [3.8, 4) is 0 Å². The molecule has 0 amide bonds. The molecule has 0 saturated heterocycles. The molecule has 0 aliphatic carbocycles. The second-order valence-electron chi connectivity index (χ2n) is 15.2. The number of aliphatic carboxylic acids is 1. The fraction of sp³-hybridized carbons (Fsp3) is 0.795. The molecule has 0 bridgehead atoms. The van der Waals surface area contributed by atoms with Crippen molar-refractivity contribution in [1.82, 2.24) is 0 Å². The topological polar surface area (TPSA) is 99.1 Å². The number of hydrogen-bond donors (Lipinski definition) is 1. The second kappa shape index (κ2) is 35.6. The number of carboxylic acid groups (broad SMARTS) is 1. The van der Waals surface area contributed by atoms with Crippen LogP contribution in [0, 0.1) is 0 Å². The summed E-state index contributed by atoms with van der Waals surface area (Å²) in [5.74, 6) is -1.50. The van der Waals surface area contributed by atoms with Gasteiger partial charge in [-0.05, 0) is 64.2 Å². The van der Waals surface area contributed by atoms with Crippen molar-refractivity contribution in [2.24, 2.45) is 0 Å². The first-order valence-electron chi connectivity index (χ1n) is 21.0. The summed E-state index contributed by atoms with van der Waals surface area (Å²) >= 11 is 0. The summed E-state index contributed by atoms with van der Waals surface area (Å²) in [6.07, 6.45) is 39.0. The third kappa shape index (κ3) is 33.4. The maximum Gasteiger partial charge on any atom is 0.362 e. The number of quaternary nitrogens is 1. The molecule has 0 aliphatic heterocycles. The largest absolute Gasteiger partial charge is 0.477 e. The normalized spacial score (nSPS) is 13.3. The van der Waals surface area contributed by atoms with Gasteiger partial charge in [-0.3, -0.25) is 9.59 Å². The van der Waals surface area contributed by atoms with Crippen molar-refractivity contribution in [2.75, 3.05) is 41.0 Å². The van der Waals surface area contributed by atoms with Gasteiger partial charge in [0.25, 0.3) is 0 Å². The molecule has 2 atom stereocenters. The van der Waals surface area contributed by atoms with Crippen LogP contribution in [0.4, 0.5) is 0 Å². The Labute approximate surface area is 319 Å². The molecule has 0 aromatic carbocycles. The molecule has 52 heavy (non-hydrogen) atoms. The Balaban J connectivity index is 4.39. The molecule has 8 heteroatoms. The number of carbonyl (C=O) groups excluding carboxylic acids is 2. The van der Waals surface area contributed by atoms with Crippen LogP contribution < -0.4 is 0 Å². The lowest BCUT2D eigenvalue weighted by Gasteiger charge is -2.31. The molecule has 0 aromatic rings. The molecule has 302 valence electrons. The van der Waals surface area contributed by atoms with Crippen molar-refractivity contribution < 1.29 is 38.2 Å². The van der Waals surface area contributed by atoms with Gasteiger partial charge in [0.2, 0.25) is 0 Å². The van der Waals surface area contributed by atoms with Gasteiger partial charge in [-0.15, -0.1) is 0 Å². The quantitative estimate of drug-likeness (QED) is 0.0293. The smallest absolute Gasteiger partial charge is 0.362 e. The van der Waals surface area contributed by atoms with E-state index in [2.05, 4.69) is 50.3 Å². The third-order valence-electron chi connectivity index (χ3n) is 9.27. The molecule has 0 spiro atoms. The Morgan fingerprint density at radius 1 is 0.596 bits per heavy atom. The summed E-state index contributed by atoms with van der Waals surface area (Å²) in [5, 5.41) is 9.60. The van der Waals surface area contributed by atoms with Gasteiger partial charge in [-0.2, -0.15) is 0 Å². The summed E-state index contributed by atoms with van der Waals surface area (Å²) in [7, 11) is 5.51. The third-order valence-corrected chi connectivity index (χ3v) is 9.27. The monoisotopic (exact) mass is 735 g/mol. The number of ether oxygens (including phenoxy) is 3. The van der Waals surface area contributed by atoms with E-state index in [1.54, 1.807) is 0 Å². The lowest BCUT2D eigenvalue weighted by atomic mass is 10.1. The zero-order valence-electron chi connectivity index (χ0n) is 34.3. The maximum absolute atomic E-state index is 12.7. The van der Waals surface area contributed by atoms with Gasteiger partial charge < -0.3 is 23.8 Å². The summed E-state index contributed by atoms with van der Waals surface area (Å²) in [6.45, 7) is 4.60. The summed E-state index contributed by atoms with van der Waals surface area (Å²) in [6, 6.07) is -0.616. The van der Waals surface area contributed by atoms with E-state index in [0.29, 0.717) is 19.3 Å². The number of carboxylic acids is 1. The Kier molecular flexibility index (Phi) is 33.9. The number of rotatable bonds is 37. The van der Waals surface area contributed by atoms with E-state index >= 15 is 0 Å².